The van der Waals surface area contributed by atoms with Crippen molar-refractivity contribution in [1.82, 2.24) is 15.0 Å². The summed E-state index contributed by atoms with van der Waals surface area (Å²) in [5, 5.41) is 17.5. The van der Waals surface area contributed by atoms with Gasteiger partial charge in [0.2, 0.25) is 0 Å². The Hall–Kier alpha value is -1.11. The average Bonchev–Trinajstić information content (AvgIpc) is 2.87. The van der Waals surface area contributed by atoms with Crippen LogP contribution in [0.2, 0.25) is 5.02 Å². The molecule has 2 aromatic rings. The molecule has 7 heteroatoms. The van der Waals surface area contributed by atoms with Gasteiger partial charge in [0.25, 0.3) is 0 Å². The maximum atomic E-state index is 8.76. The summed E-state index contributed by atoms with van der Waals surface area (Å²) in [5.74, 6) is 0.745. The second-order valence-corrected chi connectivity index (χ2v) is 5.51. The fourth-order valence-electron chi connectivity index (χ4n) is 1.66. The monoisotopic (exact) mass is 359 g/mol. The molecule has 0 radical (unpaired) electrons. The smallest absolute Gasteiger partial charge is 0.133 e. The maximum Gasteiger partial charge on any atom is 0.133 e. The highest BCUT2D eigenvalue weighted by molar-refractivity contribution is 9.10. The van der Waals surface area contributed by atoms with Gasteiger partial charge in [0.15, 0.2) is 0 Å². The normalized spacial score (nSPS) is 10.8. The summed E-state index contributed by atoms with van der Waals surface area (Å²) >= 11 is 9.26. The highest BCUT2D eigenvalue weighted by atomic mass is 79.9. The molecule has 2 rings (SSSR count). The molecule has 1 aromatic heterocycles. The van der Waals surface area contributed by atoms with E-state index in [9.17, 15) is 0 Å². The van der Waals surface area contributed by atoms with Gasteiger partial charge in [-0.2, -0.15) is 0 Å². The molecule has 0 saturated heterocycles. The van der Waals surface area contributed by atoms with Crippen LogP contribution < -0.4 is 4.74 Å². The largest absolute Gasteiger partial charge is 0.490 e. The first-order chi connectivity index (χ1) is 9.69. The first kappa shape index (κ1) is 15.3. The summed E-state index contributed by atoms with van der Waals surface area (Å²) in [7, 11) is 0. The van der Waals surface area contributed by atoms with Crippen LogP contribution in [0.25, 0.3) is 0 Å². The number of hydrogen-bond donors (Lipinski definition) is 1. The molecule has 1 heterocycles. The third-order valence-electron chi connectivity index (χ3n) is 2.65. The van der Waals surface area contributed by atoms with Crippen molar-refractivity contribution in [1.29, 1.82) is 0 Å². The van der Waals surface area contributed by atoms with E-state index in [1.165, 1.54) is 0 Å². The standard InChI is InChI=1S/C13H15BrClN3O2/c14-12-8-10(15)3-4-13(12)20-7-5-18-9-11(16-17-18)2-1-6-19/h3-4,8-9,19H,1-2,5-7H2. The first-order valence-corrected chi connectivity index (χ1v) is 7.44. The minimum Gasteiger partial charge on any atom is -0.490 e. The molecule has 1 aromatic carbocycles. The van der Waals surface area contributed by atoms with Gasteiger partial charge < -0.3 is 9.84 Å². The van der Waals surface area contributed by atoms with Crippen molar-refractivity contribution in [3.63, 3.8) is 0 Å². The van der Waals surface area contributed by atoms with Crippen molar-refractivity contribution in [3.05, 3.63) is 39.6 Å². The molecule has 0 amide bonds. The second-order valence-electron chi connectivity index (χ2n) is 4.22. The fourth-order valence-corrected chi connectivity index (χ4v) is 2.46. The van der Waals surface area contributed by atoms with E-state index in [1.54, 1.807) is 16.8 Å². The van der Waals surface area contributed by atoms with Crippen LogP contribution in [0, 0.1) is 0 Å². The Balaban J connectivity index is 1.82. The van der Waals surface area contributed by atoms with Crippen LogP contribution in [0.1, 0.15) is 12.1 Å². The van der Waals surface area contributed by atoms with E-state index < -0.39 is 0 Å². The predicted molar refractivity (Wildman–Crippen MR) is 80.1 cm³/mol. The van der Waals surface area contributed by atoms with E-state index in [1.807, 2.05) is 12.3 Å². The Kier molecular flexibility index (Phi) is 5.82. The number of ether oxygens (including phenoxy) is 1. The Morgan fingerprint density at radius 1 is 1.40 bits per heavy atom. The zero-order valence-electron chi connectivity index (χ0n) is 10.8. The minimum atomic E-state index is 0.167. The third-order valence-corrected chi connectivity index (χ3v) is 3.50. The molecule has 0 saturated carbocycles. The van der Waals surface area contributed by atoms with Gasteiger partial charge in [-0.15, -0.1) is 5.10 Å². The summed E-state index contributed by atoms with van der Waals surface area (Å²) in [4.78, 5) is 0. The number of hydrogen-bond acceptors (Lipinski definition) is 4. The summed E-state index contributed by atoms with van der Waals surface area (Å²) < 4.78 is 8.21. The van der Waals surface area contributed by atoms with Crippen LogP contribution in [0.5, 0.6) is 5.75 Å². The lowest BCUT2D eigenvalue weighted by molar-refractivity contribution is 0.287. The molecule has 0 spiro atoms. The van der Waals surface area contributed by atoms with Crippen LogP contribution in [0.15, 0.2) is 28.9 Å². The van der Waals surface area contributed by atoms with Crippen LogP contribution in [0.4, 0.5) is 0 Å². The minimum absolute atomic E-state index is 0.167. The van der Waals surface area contributed by atoms with Gasteiger partial charge in [-0.1, -0.05) is 16.8 Å². The van der Waals surface area contributed by atoms with Crippen molar-refractivity contribution in [2.75, 3.05) is 13.2 Å². The van der Waals surface area contributed by atoms with Crippen LogP contribution >= 0.6 is 27.5 Å². The topological polar surface area (TPSA) is 60.2 Å². The Bertz CT molecular complexity index is 562. The number of benzene rings is 1. The van der Waals surface area contributed by atoms with E-state index in [4.69, 9.17) is 21.4 Å². The summed E-state index contributed by atoms with van der Waals surface area (Å²) in [6.45, 7) is 1.27. The van der Waals surface area contributed by atoms with E-state index in [0.717, 1.165) is 22.3 Å². The molecule has 108 valence electrons. The van der Waals surface area contributed by atoms with Crippen molar-refractivity contribution in [2.24, 2.45) is 0 Å². The van der Waals surface area contributed by atoms with Crippen LogP contribution in [-0.4, -0.2) is 33.3 Å². The maximum absolute atomic E-state index is 8.76. The lowest BCUT2D eigenvalue weighted by atomic mass is 10.3. The number of aliphatic hydroxyl groups excluding tert-OH is 1. The number of halogens is 2. The van der Waals surface area contributed by atoms with Crippen molar-refractivity contribution in [3.8, 4) is 5.75 Å². The molecule has 0 aliphatic carbocycles. The van der Waals surface area contributed by atoms with E-state index >= 15 is 0 Å². The number of rotatable bonds is 7. The Morgan fingerprint density at radius 3 is 3.00 bits per heavy atom. The zero-order valence-corrected chi connectivity index (χ0v) is 13.1. The van der Waals surface area contributed by atoms with E-state index in [2.05, 4.69) is 26.2 Å². The van der Waals surface area contributed by atoms with E-state index in [-0.39, 0.29) is 6.61 Å². The third kappa shape index (κ3) is 4.47. The number of aromatic nitrogens is 3. The molecule has 0 bridgehead atoms. The summed E-state index contributed by atoms with van der Waals surface area (Å²) in [5.41, 5.74) is 0.881. The van der Waals surface area contributed by atoms with Gasteiger partial charge in [-0.25, -0.2) is 4.68 Å². The van der Waals surface area contributed by atoms with Crippen LogP contribution in [0.3, 0.4) is 0 Å². The van der Waals surface area contributed by atoms with Gasteiger partial charge in [-0.05, 0) is 47.0 Å². The molecule has 0 aliphatic rings. The molecule has 0 unspecified atom stereocenters. The number of aliphatic hydroxyl groups is 1. The molecule has 20 heavy (non-hydrogen) atoms. The molecule has 5 nitrogen and oxygen atoms in total. The number of aryl methyl sites for hydroxylation is 1. The van der Waals surface area contributed by atoms with Gasteiger partial charge in [0, 0.05) is 17.8 Å². The first-order valence-electron chi connectivity index (χ1n) is 6.27. The quantitative estimate of drug-likeness (QED) is 0.825. The van der Waals surface area contributed by atoms with Gasteiger partial charge in [-0.3, -0.25) is 0 Å². The molecule has 1 N–H and O–H groups in total. The molecule has 0 aliphatic heterocycles. The molecule has 0 atom stereocenters. The molecular weight excluding hydrogens is 346 g/mol. The predicted octanol–water partition coefficient (Wildman–Crippen LogP) is 2.70. The van der Waals surface area contributed by atoms with Gasteiger partial charge in [0.1, 0.15) is 12.4 Å². The lowest BCUT2D eigenvalue weighted by Crippen LogP contribution is -2.09. The lowest BCUT2D eigenvalue weighted by Gasteiger charge is -2.08. The fraction of sp³-hybridized carbons (Fsp3) is 0.385. The summed E-state index contributed by atoms with van der Waals surface area (Å²) in [6, 6.07) is 5.39. The van der Waals surface area contributed by atoms with Crippen molar-refractivity contribution < 1.29 is 9.84 Å². The Morgan fingerprint density at radius 2 is 2.25 bits per heavy atom. The van der Waals surface area contributed by atoms with Crippen molar-refractivity contribution >= 4 is 27.5 Å². The average molecular weight is 361 g/mol. The van der Waals surface area contributed by atoms with E-state index in [0.29, 0.717) is 24.6 Å². The molecule has 0 fully saturated rings. The SMILES string of the molecule is OCCCc1cn(CCOc2ccc(Cl)cc2Br)nn1. The molecular formula is C13H15BrClN3O2. The Labute approximate surface area is 130 Å². The zero-order chi connectivity index (χ0) is 14.4. The van der Waals surface area contributed by atoms with Gasteiger partial charge in [0.05, 0.1) is 16.7 Å². The van der Waals surface area contributed by atoms with Gasteiger partial charge >= 0.3 is 0 Å². The van der Waals surface area contributed by atoms with Crippen molar-refractivity contribution in [2.45, 2.75) is 19.4 Å². The summed E-state index contributed by atoms with van der Waals surface area (Å²) in [6.07, 6.45) is 3.31. The highest BCUT2D eigenvalue weighted by Crippen LogP contribution is 2.27. The second kappa shape index (κ2) is 7.61. The highest BCUT2D eigenvalue weighted by Gasteiger charge is 2.03. The number of nitrogens with zero attached hydrogens (tertiary/aromatic N) is 3. The van der Waals surface area contributed by atoms with Crippen LogP contribution in [-0.2, 0) is 13.0 Å².